The van der Waals surface area contributed by atoms with Crippen LogP contribution in [0.4, 0.5) is 5.69 Å². The SMILES string of the molecule is CN(CC(=O)NNC(=O)c1ccc([N+](=O)[O-])cc1)Cc1cnn(-c2ccccc2)c1. The van der Waals surface area contributed by atoms with Gasteiger partial charge in [-0.3, -0.25) is 35.5 Å². The number of nitro benzene ring substituents is 1. The van der Waals surface area contributed by atoms with Crippen LogP contribution in [0, 0.1) is 10.1 Å². The number of hydrazine groups is 1. The van der Waals surface area contributed by atoms with Crippen molar-refractivity contribution in [2.45, 2.75) is 6.54 Å². The molecule has 30 heavy (non-hydrogen) atoms. The molecule has 2 amide bonds. The third-order valence-electron chi connectivity index (χ3n) is 4.18. The zero-order valence-electron chi connectivity index (χ0n) is 16.2. The molecule has 0 atom stereocenters. The summed E-state index contributed by atoms with van der Waals surface area (Å²) in [6.45, 7) is 0.549. The van der Waals surface area contributed by atoms with E-state index < -0.39 is 16.7 Å². The summed E-state index contributed by atoms with van der Waals surface area (Å²) >= 11 is 0. The molecule has 0 radical (unpaired) electrons. The van der Waals surface area contributed by atoms with Crippen molar-refractivity contribution in [3.05, 3.63) is 88.2 Å². The van der Waals surface area contributed by atoms with Gasteiger partial charge >= 0.3 is 0 Å². The first-order valence-electron chi connectivity index (χ1n) is 9.03. The second-order valence-electron chi connectivity index (χ2n) is 6.61. The Morgan fingerprint density at radius 2 is 1.80 bits per heavy atom. The quantitative estimate of drug-likeness (QED) is 0.453. The summed E-state index contributed by atoms with van der Waals surface area (Å²) in [4.78, 5) is 36.0. The van der Waals surface area contributed by atoms with Gasteiger partial charge in [0.05, 0.1) is 23.4 Å². The second-order valence-corrected chi connectivity index (χ2v) is 6.61. The zero-order valence-corrected chi connectivity index (χ0v) is 16.2. The maximum absolute atomic E-state index is 12.1. The molecule has 10 heteroatoms. The van der Waals surface area contributed by atoms with Crippen molar-refractivity contribution in [2.75, 3.05) is 13.6 Å². The van der Waals surface area contributed by atoms with Gasteiger partial charge in [-0.05, 0) is 31.3 Å². The Morgan fingerprint density at radius 1 is 1.10 bits per heavy atom. The third kappa shape index (κ3) is 5.49. The van der Waals surface area contributed by atoms with Gasteiger partial charge < -0.3 is 0 Å². The van der Waals surface area contributed by atoms with Crippen LogP contribution in [0.2, 0.25) is 0 Å². The van der Waals surface area contributed by atoms with E-state index >= 15 is 0 Å². The van der Waals surface area contributed by atoms with Crippen LogP contribution < -0.4 is 10.9 Å². The van der Waals surface area contributed by atoms with Crippen molar-refractivity contribution in [1.29, 1.82) is 0 Å². The van der Waals surface area contributed by atoms with Crippen molar-refractivity contribution >= 4 is 17.5 Å². The van der Waals surface area contributed by atoms with Crippen LogP contribution in [0.15, 0.2) is 67.0 Å². The highest BCUT2D eigenvalue weighted by Gasteiger charge is 2.12. The van der Waals surface area contributed by atoms with E-state index in [1.165, 1.54) is 24.3 Å². The standard InChI is InChI=1S/C20H20N6O4/c1-24(12-15-11-21-25(13-15)17-5-3-2-4-6-17)14-19(27)22-23-20(28)16-7-9-18(10-8-16)26(29)30/h2-11,13H,12,14H2,1H3,(H,22,27)(H,23,28). The van der Waals surface area contributed by atoms with Gasteiger partial charge in [-0.25, -0.2) is 4.68 Å². The Hall–Kier alpha value is -4.05. The minimum absolute atomic E-state index is 0.0526. The molecule has 3 rings (SSSR count). The Labute approximate surface area is 172 Å². The van der Waals surface area contributed by atoms with Gasteiger partial charge in [-0.15, -0.1) is 0 Å². The van der Waals surface area contributed by atoms with E-state index in [-0.39, 0.29) is 17.8 Å². The van der Waals surface area contributed by atoms with Crippen molar-refractivity contribution in [1.82, 2.24) is 25.5 Å². The highest BCUT2D eigenvalue weighted by atomic mass is 16.6. The maximum atomic E-state index is 12.1. The molecule has 0 saturated carbocycles. The minimum atomic E-state index is -0.565. The molecule has 0 aliphatic heterocycles. The van der Waals surface area contributed by atoms with Crippen LogP contribution in [0.1, 0.15) is 15.9 Å². The normalized spacial score (nSPS) is 10.6. The summed E-state index contributed by atoms with van der Waals surface area (Å²) in [5.41, 5.74) is 6.58. The fourth-order valence-corrected chi connectivity index (χ4v) is 2.75. The van der Waals surface area contributed by atoms with E-state index in [2.05, 4.69) is 16.0 Å². The molecule has 0 aliphatic rings. The average molecular weight is 408 g/mol. The highest BCUT2D eigenvalue weighted by Crippen LogP contribution is 2.11. The van der Waals surface area contributed by atoms with Crippen LogP contribution >= 0.6 is 0 Å². The fraction of sp³-hybridized carbons (Fsp3) is 0.150. The van der Waals surface area contributed by atoms with Gasteiger partial charge in [-0.1, -0.05) is 18.2 Å². The Bertz CT molecular complexity index is 1030. The molecule has 1 aromatic heterocycles. The monoisotopic (exact) mass is 408 g/mol. The number of likely N-dealkylation sites (N-methyl/N-ethyl adjacent to an activating group) is 1. The minimum Gasteiger partial charge on any atom is -0.293 e. The number of carbonyl (C=O) groups is 2. The van der Waals surface area contributed by atoms with Crippen molar-refractivity contribution in [2.24, 2.45) is 0 Å². The predicted octanol–water partition coefficient (Wildman–Crippen LogP) is 1.67. The summed E-state index contributed by atoms with van der Waals surface area (Å²) in [6.07, 6.45) is 3.62. The van der Waals surface area contributed by atoms with E-state index in [0.717, 1.165) is 11.3 Å². The van der Waals surface area contributed by atoms with E-state index in [1.54, 1.807) is 22.8 Å². The van der Waals surface area contributed by atoms with E-state index in [9.17, 15) is 19.7 Å². The number of benzene rings is 2. The number of rotatable bonds is 7. The highest BCUT2D eigenvalue weighted by molar-refractivity contribution is 5.95. The lowest BCUT2D eigenvalue weighted by Crippen LogP contribution is -2.45. The number of amides is 2. The van der Waals surface area contributed by atoms with Crippen LogP contribution in [-0.4, -0.2) is 45.0 Å². The molecule has 0 fully saturated rings. The second kappa shape index (κ2) is 9.43. The van der Waals surface area contributed by atoms with Crippen molar-refractivity contribution in [3.63, 3.8) is 0 Å². The lowest BCUT2D eigenvalue weighted by molar-refractivity contribution is -0.384. The molecule has 0 saturated heterocycles. The summed E-state index contributed by atoms with van der Waals surface area (Å²) < 4.78 is 1.76. The van der Waals surface area contributed by atoms with Gasteiger partial charge in [0.1, 0.15) is 0 Å². The molecule has 0 unspecified atom stereocenters. The van der Waals surface area contributed by atoms with Gasteiger partial charge in [0, 0.05) is 36.0 Å². The number of carbonyl (C=O) groups excluding carboxylic acids is 2. The number of non-ortho nitro benzene ring substituents is 1. The van der Waals surface area contributed by atoms with Crippen LogP contribution in [0.5, 0.6) is 0 Å². The molecule has 2 aromatic carbocycles. The molecular weight excluding hydrogens is 388 g/mol. The topological polar surface area (TPSA) is 122 Å². The molecule has 154 valence electrons. The number of aromatic nitrogens is 2. The van der Waals surface area contributed by atoms with E-state index in [0.29, 0.717) is 6.54 Å². The number of hydrogen-bond donors (Lipinski definition) is 2. The molecule has 0 bridgehead atoms. The Balaban J connectivity index is 1.46. The van der Waals surface area contributed by atoms with Crippen LogP contribution in [0.25, 0.3) is 5.69 Å². The molecule has 2 N–H and O–H groups in total. The maximum Gasteiger partial charge on any atom is 0.269 e. The Kier molecular flexibility index (Phi) is 6.50. The lowest BCUT2D eigenvalue weighted by Gasteiger charge is -2.15. The van der Waals surface area contributed by atoms with Crippen LogP contribution in [-0.2, 0) is 11.3 Å². The molecule has 3 aromatic rings. The average Bonchev–Trinajstić information content (AvgIpc) is 3.21. The van der Waals surface area contributed by atoms with Gasteiger partial charge in [0.15, 0.2) is 0 Å². The summed E-state index contributed by atoms with van der Waals surface area (Å²) in [5.74, 6) is -0.965. The van der Waals surface area contributed by atoms with Crippen molar-refractivity contribution < 1.29 is 14.5 Å². The molecule has 0 spiro atoms. The lowest BCUT2D eigenvalue weighted by atomic mass is 10.2. The number of nitro groups is 1. The number of nitrogens with one attached hydrogen (secondary N) is 2. The largest absolute Gasteiger partial charge is 0.293 e. The number of hydrogen-bond acceptors (Lipinski definition) is 6. The first-order chi connectivity index (χ1) is 14.4. The third-order valence-corrected chi connectivity index (χ3v) is 4.18. The fourth-order valence-electron chi connectivity index (χ4n) is 2.75. The summed E-state index contributed by atoms with van der Waals surface area (Å²) in [5, 5.41) is 15.0. The molecule has 10 nitrogen and oxygen atoms in total. The van der Waals surface area contributed by atoms with Crippen LogP contribution in [0.3, 0.4) is 0 Å². The van der Waals surface area contributed by atoms with Gasteiger partial charge in [0.2, 0.25) is 0 Å². The molecular formula is C20H20N6O4. The first-order valence-corrected chi connectivity index (χ1v) is 9.03. The number of para-hydroxylation sites is 1. The van der Waals surface area contributed by atoms with Crippen molar-refractivity contribution in [3.8, 4) is 5.69 Å². The summed E-state index contributed by atoms with van der Waals surface area (Å²) in [7, 11) is 1.78. The number of nitrogens with zero attached hydrogens (tertiary/aromatic N) is 4. The van der Waals surface area contributed by atoms with E-state index in [1.807, 2.05) is 36.5 Å². The van der Waals surface area contributed by atoms with E-state index in [4.69, 9.17) is 0 Å². The molecule has 0 aliphatic carbocycles. The Morgan fingerprint density at radius 3 is 2.47 bits per heavy atom. The first kappa shape index (κ1) is 20.7. The van der Waals surface area contributed by atoms with Gasteiger partial charge in [0.25, 0.3) is 17.5 Å². The smallest absolute Gasteiger partial charge is 0.269 e. The van der Waals surface area contributed by atoms with Gasteiger partial charge in [-0.2, -0.15) is 5.10 Å². The predicted molar refractivity (Wildman–Crippen MR) is 109 cm³/mol. The summed E-state index contributed by atoms with van der Waals surface area (Å²) in [6, 6.07) is 14.8. The zero-order chi connectivity index (χ0) is 21.5. The molecule has 1 heterocycles.